The Morgan fingerprint density at radius 2 is 2.04 bits per heavy atom. The monoisotopic (exact) mass is 337 g/mol. The Morgan fingerprint density at radius 1 is 1.24 bits per heavy atom. The van der Waals surface area contributed by atoms with Gasteiger partial charge >= 0.3 is 0 Å². The first-order valence-electron chi connectivity index (χ1n) is 9.28. The van der Waals surface area contributed by atoms with E-state index in [1.54, 1.807) is 0 Å². The molecule has 0 unspecified atom stereocenters. The van der Waals surface area contributed by atoms with Crippen LogP contribution in [0.3, 0.4) is 0 Å². The molecule has 2 atom stereocenters. The molecule has 1 aromatic heterocycles. The van der Waals surface area contributed by atoms with Crippen molar-refractivity contribution in [2.45, 2.75) is 51.6 Å². The van der Waals surface area contributed by atoms with Gasteiger partial charge in [0.1, 0.15) is 5.82 Å². The number of nitrogens with zero attached hydrogens (tertiary/aromatic N) is 2. The van der Waals surface area contributed by atoms with E-state index in [1.807, 2.05) is 47.5 Å². The fourth-order valence-corrected chi connectivity index (χ4v) is 3.39. The predicted molar refractivity (Wildman–Crippen MR) is 102 cm³/mol. The van der Waals surface area contributed by atoms with Gasteiger partial charge in [-0.3, -0.25) is 4.79 Å². The van der Waals surface area contributed by atoms with E-state index in [4.69, 9.17) is 0 Å². The van der Waals surface area contributed by atoms with Crippen LogP contribution in [0.15, 0.2) is 48.7 Å². The number of hydrogen-bond donors (Lipinski definition) is 1. The summed E-state index contributed by atoms with van der Waals surface area (Å²) in [6.45, 7) is 5.12. The summed E-state index contributed by atoms with van der Waals surface area (Å²) in [6.07, 6.45) is 6.04. The van der Waals surface area contributed by atoms with E-state index in [9.17, 15) is 4.79 Å². The van der Waals surface area contributed by atoms with E-state index in [0.717, 1.165) is 49.2 Å². The molecule has 0 radical (unpaired) electrons. The van der Waals surface area contributed by atoms with Gasteiger partial charge in [-0.1, -0.05) is 31.2 Å². The Labute approximate surface area is 150 Å². The fraction of sp³-hybridized carbons (Fsp3) is 0.429. The Hall–Kier alpha value is -2.36. The van der Waals surface area contributed by atoms with Gasteiger partial charge in [0.15, 0.2) is 0 Å². The first kappa shape index (κ1) is 17.5. The number of anilines is 1. The van der Waals surface area contributed by atoms with Gasteiger partial charge in [0.05, 0.1) is 6.04 Å². The van der Waals surface area contributed by atoms with E-state index in [1.165, 1.54) is 0 Å². The van der Waals surface area contributed by atoms with Crippen molar-refractivity contribution >= 4 is 11.7 Å². The molecule has 0 spiro atoms. The quantitative estimate of drug-likeness (QED) is 0.863. The van der Waals surface area contributed by atoms with E-state index >= 15 is 0 Å². The molecule has 1 N–H and O–H groups in total. The normalized spacial score (nSPS) is 18.6. The fourth-order valence-electron chi connectivity index (χ4n) is 3.39. The van der Waals surface area contributed by atoms with Crippen LogP contribution in [0.2, 0.25) is 0 Å². The molecule has 4 heteroatoms. The van der Waals surface area contributed by atoms with Crippen molar-refractivity contribution in [1.29, 1.82) is 0 Å². The van der Waals surface area contributed by atoms with Crippen molar-refractivity contribution in [2.24, 2.45) is 0 Å². The highest BCUT2D eigenvalue weighted by Crippen LogP contribution is 2.35. The van der Waals surface area contributed by atoms with Crippen molar-refractivity contribution in [3.63, 3.8) is 0 Å². The number of aromatic nitrogens is 1. The molecule has 1 fully saturated rings. The molecule has 2 aromatic rings. The van der Waals surface area contributed by atoms with Crippen molar-refractivity contribution in [3.8, 4) is 0 Å². The van der Waals surface area contributed by atoms with Crippen LogP contribution in [0.1, 0.15) is 61.5 Å². The zero-order valence-electron chi connectivity index (χ0n) is 15.1. The number of likely N-dealkylation sites (tertiary alicyclic amines) is 1. The molecular weight excluding hydrogens is 310 g/mol. The summed E-state index contributed by atoms with van der Waals surface area (Å²) in [4.78, 5) is 19.6. The van der Waals surface area contributed by atoms with Crippen LogP contribution in [0.4, 0.5) is 5.82 Å². The smallest absolute Gasteiger partial charge is 0.254 e. The molecule has 2 heterocycles. The molecule has 0 saturated carbocycles. The molecule has 132 valence electrons. The summed E-state index contributed by atoms with van der Waals surface area (Å²) in [7, 11) is 0. The summed E-state index contributed by atoms with van der Waals surface area (Å²) in [5.74, 6) is 1.03. The van der Waals surface area contributed by atoms with Crippen molar-refractivity contribution < 1.29 is 4.79 Å². The maximum atomic E-state index is 13.1. The maximum Gasteiger partial charge on any atom is 0.254 e. The summed E-state index contributed by atoms with van der Waals surface area (Å²) in [5.41, 5.74) is 1.89. The molecule has 1 aromatic carbocycles. The summed E-state index contributed by atoms with van der Waals surface area (Å²) < 4.78 is 0. The molecule has 1 aliphatic heterocycles. The van der Waals surface area contributed by atoms with Gasteiger partial charge < -0.3 is 10.2 Å². The Morgan fingerprint density at radius 3 is 2.80 bits per heavy atom. The third kappa shape index (κ3) is 4.01. The minimum atomic E-state index is 0.0849. The molecular formula is C21H27N3O. The number of piperidine rings is 1. The lowest BCUT2D eigenvalue weighted by molar-refractivity contribution is 0.0612. The van der Waals surface area contributed by atoms with E-state index in [2.05, 4.69) is 30.2 Å². The third-order valence-electron chi connectivity index (χ3n) is 4.98. The highest BCUT2D eigenvalue weighted by molar-refractivity contribution is 5.94. The van der Waals surface area contributed by atoms with Gasteiger partial charge in [0.2, 0.25) is 0 Å². The van der Waals surface area contributed by atoms with Gasteiger partial charge in [0.25, 0.3) is 5.91 Å². The third-order valence-corrected chi connectivity index (χ3v) is 4.98. The number of nitrogens with one attached hydrogen (secondary N) is 1. The standard InChI is InChI=1S/C21H27N3O/c1-3-16(2)23-20-18(12-9-14-22-20)19-13-7-8-15-24(19)21(25)17-10-5-4-6-11-17/h4-6,9-12,14,16,19H,3,7-8,13,15H2,1-2H3,(H,22,23)/t16-,19-/m0/s1. The number of benzene rings is 1. The van der Waals surface area contributed by atoms with Crippen molar-refractivity contribution in [3.05, 3.63) is 59.8 Å². The molecule has 1 aliphatic rings. The second kappa shape index (κ2) is 8.15. The van der Waals surface area contributed by atoms with Gasteiger partial charge in [0, 0.05) is 29.9 Å². The highest BCUT2D eigenvalue weighted by Gasteiger charge is 2.30. The lowest BCUT2D eigenvalue weighted by atomic mass is 9.94. The zero-order valence-corrected chi connectivity index (χ0v) is 15.1. The lowest BCUT2D eigenvalue weighted by Crippen LogP contribution is -2.39. The number of carbonyl (C=O) groups is 1. The Kier molecular flexibility index (Phi) is 5.69. The minimum Gasteiger partial charge on any atom is -0.367 e. The molecule has 0 bridgehead atoms. The number of amides is 1. The summed E-state index contributed by atoms with van der Waals surface area (Å²) in [5, 5.41) is 3.51. The van der Waals surface area contributed by atoms with E-state index < -0.39 is 0 Å². The van der Waals surface area contributed by atoms with Crippen LogP contribution in [0.25, 0.3) is 0 Å². The predicted octanol–water partition coefficient (Wildman–Crippen LogP) is 4.66. The van der Waals surface area contributed by atoms with Crippen LogP contribution < -0.4 is 5.32 Å². The SMILES string of the molecule is CC[C@H](C)Nc1ncccc1[C@@H]1CCCCN1C(=O)c1ccccc1. The second-order valence-electron chi connectivity index (χ2n) is 6.77. The van der Waals surface area contributed by atoms with Crippen LogP contribution >= 0.6 is 0 Å². The topological polar surface area (TPSA) is 45.2 Å². The molecule has 25 heavy (non-hydrogen) atoms. The first-order valence-corrected chi connectivity index (χ1v) is 9.28. The van der Waals surface area contributed by atoms with Crippen molar-refractivity contribution in [1.82, 2.24) is 9.88 Å². The largest absolute Gasteiger partial charge is 0.367 e. The zero-order chi connectivity index (χ0) is 17.6. The van der Waals surface area contributed by atoms with Crippen LogP contribution in [0, 0.1) is 0 Å². The number of pyridine rings is 1. The number of hydrogen-bond acceptors (Lipinski definition) is 3. The highest BCUT2D eigenvalue weighted by atomic mass is 16.2. The van der Waals surface area contributed by atoms with Crippen LogP contribution in [-0.4, -0.2) is 28.4 Å². The molecule has 1 saturated heterocycles. The van der Waals surface area contributed by atoms with Gasteiger partial charge in [-0.15, -0.1) is 0 Å². The van der Waals surface area contributed by atoms with Gasteiger partial charge in [-0.05, 0) is 50.8 Å². The number of carbonyl (C=O) groups excluding carboxylic acids is 1. The van der Waals surface area contributed by atoms with Crippen LogP contribution in [0.5, 0.6) is 0 Å². The van der Waals surface area contributed by atoms with Gasteiger partial charge in [-0.2, -0.15) is 0 Å². The number of rotatable bonds is 5. The Bertz CT molecular complexity index is 701. The van der Waals surface area contributed by atoms with Crippen molar-refractivity contribution in [2.75, 3.05) is 11.9 Å². The minimum absolute atomic E-state index is 0.0849. The second-order valence-corrected chi connectivity index (χ2v) is 6.77. The first-order chi connectivity index (χ1) is 12.2. The van der Waals surface area contributed by atoms with E-state index in [0.29, 0.717) is 6.04 Å². The van der Waals surface area contributed by atoms with Gasteiger partial charge in [-0.25, -0.2) is 4.98 Å². The Balaban J connectivity index is 1.90. The van der Waals surface area contributed by atoms with E-state index in [-0.39, 0.29) is 11.9 Å². The average molecular weight is 337 g/mol. The molecule has 3 rings (SSSR count). The maximum absolute atomic E-state index is 13.1. The molecule has 4 nitrogen and oxygen atoms in total. The molecule has 1 amide bonds. The summed E-state index contributed by atoms with van der Waals surface area (Å²) in [6, 6.07) is 14.1. The van der Waals surface area contributed by atoms with Crippen LogP contribution in [-0.2, 0) is 0 Å². The lowest BCUT2D eigenvalue weighted by Gasteiger charge is -2.37. The average Bonchev–Trinajstić information content (AvgIpc) is 2.68. The molecule has 0 aliphatic carbocycles. The summed E-state index contributed by atoms with van der Waals surface area (Å²) >= 11 is 0.